The molecule has 33 heavy (non-hydrogen) atoms. The van der Waals surface area contributed by atoms with Crippen LogP contribution in [0.4, 0.5) is 15.6 Å². The highest BCUT2D eigenvalue weighted by molar-refractivity contribution is 7.22. The molecular weight excluding hydrogens is 444 g/mol. The second-order valence-corrected chi connectivity index (χ2v) is 8.39. The van der Waals surface area contributed by atoms with Gasteiger partial charge in [0.05, 0.1) is 43.8 Å². The third kappa shape index (κ3) is 4.85. The highest BCUT2D eigenvalue weighted by Gasteiger charge is 2.24. The fourth-order valence-corrected chi connectivity index (χ4v) is 4.79. The fraction of sp³-hybridized carbons (Fsp3) is 0.391. The summed E-state index contributed by atoms with van der Waals surface area (Å²) in [6.45, 7) is 5.21. The van der Waals surface area contributed by atoms with Crippen LogP contribution in [-0.2, 0) is 0 Å². The van der Waals surface area contributed by atoms with Crippen LogP contribution in [0.5, 0.6) is 23.0 Å². The van der Waals surface area contributed by atoms with Gasteiger partial charge in [0.25, 0.3) is 0 Å². The summed E-state index contributed by atoms with van der Waals surface area (Å²) in [6, 6.07) is 9.22. The summed E-state index contributed by atoms with van der Waals surface area (Å²) >= 11 is 1.64. The van der Waals surface area contributed by atoms with Gasteiger partial charge in [-0.3, -0.25) is 0 Å². The molecule has 9 nitrogen and oxygen atoms in total. The Labute approximate surface area is 196 Å². The fourth-order valence-electron chi connectivity index (χ4n) is 3.74. The molecule has 1 N–H and O–H groups in total. The molecule has 0 aliphatic carbocycles. The summed E-state index contributed by atoms with van der Waals surface area (Å²) < 4.78 is 22.8. The van der Waals surface area contributed by atoms with Crippen LogP contribution in [0.3, 0.4) is 0 Å². The van der Waals surface area contributed by atoms with Gasteiger partial charge in [0.1, 0.15) is 5.75 Å². The Hall–Kier alpha value is -3.40. The van der Waals surface area contributed by atoms with Crippen LogP contribution >= 0.6 is 11.3 Å². The molecule has 1 fully saturated rings. The van der Waals surface area contributed by atoms with Crippen molar-refractivity contribution >= 4 is 38.4 Å². The molecule has 1 aromatic heterocycles. The SMILES string of the molecule is CCOc1ccc2nc(N3CCN(C(=O)Nc4cc(OC)c(OC)c(OC)c4)CC3)sc2c1. The average Bonchev–Trinajstić information content (AvgIpc) is 3.27. The molecule has 2 heterocycles. The number of rotatable bonds is 7. The van der Waals surface area contributed by atoms with Gasteiger partial charge in [-0.05, 0) is 25.1 Å². The summed E-state index contributed by atoms with van der Waals surface area (Å²) in [5, 5.41) is 3.89. The number of hydrogen-bond acceptors (Lipinski definition) is 8. The maximum absolute atomic E-state index is 12.9. The lowest BCUT2D eigenvalue weighted by atomic mass is 10.2. The first-order valence-corrected chi connectivity index (χ1v) is 11.5. The molecule has 0 spiro atoms. The number of anilines is 2. The van der Waals surface area contributed by atoms with Crippen molar-refractivity contribution < 1.29 is 23.7 Å². The molecule has 0 bridgehead atoms. The van der Waals surface area contributed by atoms with Gasteiger partial charge in [-0.15, -0.1) is 0 Å². The van der Waals surface area contributed by atoms with E-state index in [4.69, 9.17) is 23.9 Å². The number of nitrogens with one attached hydrogen (secondary N) is 1. The quantitative estimate of drug-likeness (QED) is 0.555. The number of piperazine rings is 1. The van der Waals surface area contributed by atoms with Crippen LogP contribution in [0.15, 0.2) is 30.3 Å². The maximum atomic E-state index is 12.9. The van der Waals surface area contributed by atoms with Crippen LogP contribution in [0.25, 0.3) is 10.2 Å². The van der Waals surface area contributed by atoms with Gasteiger partial charge >= 0.3 is 6.03 Å². The van der Waals surface area contributed by atoms with Crippen molar-refractivity contribution in [1.82, 2.24) is 9.88 Å². The van der Waals surface area contributed by atoms with E-state index < -0.39 is 0 Å². The van der Waals surface area contributed by atoms with Gasteiger partial charge in [-0.25, -0.2) is 9.78 Å². The molecule has 0 radical (unpaired) electrons. The Morgan fingerprint density at radius 3 is 2.33 bits per heavy atom. The summed E-state index contributed by atoms with van der Waals surface area (Å²) in [7, 11) is 4.63. The number of fused-ring (bicyclic) bond motifs is 1. The zero-order valence-electron chi connectivity index (χ0n) is 19.2. The van der Waals surface area contributed by atoms with Gasteiger partial charge in [-0.1, -0.05) is 11.3 Å². The van der Waals surface area contributed by atoms with Crippen molar-refractivity contribution in [2.45, 2.75) is 6.92 Å². The Bertz CT molecular complexity index is 1100. The van der Waals surface area contributed by atoms with Crippen LogP contribution < -0.4 is 29.2 Å². The lowest BCUT2D eigenvalue weighted by Crippen LogP contribution is -2.50. The minimum Gasteiger partial charge on any atom is -0.494 e. The number of hydrogen-bond donors (Lipinski definition) is 1. The van der Waals surface area contributed by atoms with E-state index in [2.05, 4.69) is 10.2 Å². The number of amides is 2. The minimum atomic E-state index is -0.172. The Balaban J connectivity index is 1.40. The smallest absolute Gasteiger partial charge is 0.321 e. The van der Waals surface area contributed by atoms with E-state index in [1.807, 2.05) is 25.1 Å². The number of carbonyl (C=O) groups excluding carboxylic acids is 1. The van der Waals surface area contributed by atoms with Gasteiger partial charge in [-0.2, -0.15) is 0 Å². The van der Waals surface area contributed by atoms with E-state index in [0.29, 0.717) is 55.7 Å². The molecule has 0 atom stereocenters. The summed E-state index contributed by atoms with van der Waals surface area (Å²) in [5.74, 6) is 2.31. The largest absolute Gasteiger partial charge is 0.494 e. The van der Waals surface area contributed by atoms with Crippen LogP contribution in [-0.4, -0.2) is 70.0 Å². The number of carbonyl (C=O) groups is 1. The molecule has 0 unspecified atom stereocenters. The molecule has 10 heteroatoms. The third-order valence-electron chi connectivity index (χ3n) is 5.41. The molecule has 1 saturated heterocycles. The molecule has 176 valence electrons. The van der Waals surface area contributed by atoms with Crippen molar-refractivity contribution in [3.8, 4) is 23.0 Å². The van der Waals surface area contributed by atoms with Gasteiger partial charge in [0, 0.05) is 38.3 Å². The van der Waals surface area contributed by atoms with Crippen molar-refractivity contribution in [2.24, 2.45) is 0 Å². The third-order valence-corrected chi connectivity index (χ3v) is 6.49. The minimum absolute atomic E-state index is 0.172. The van der Waals surface area contributed by atoms with E-state index >= 15 is 0 Å². The predicted molar refractivity (Wildman–Crippen MR) is 130 cm³/mol. The molecule has 1 aliphatic heterocycles. The second kappa shape index (κ2) is 10.0. The summed E-state index contributed by atoms with van der Waals surface area (Å²) in [5.41, 5.74) is 1.54. The van der Waals surface area contributed by atoms with E-state index in [0.717, 1.165) is 21.1 Å². The van der Waals surface area contributed by atoms with Gasteiger partial charge in [0.2, 0.25) is 5.75 Å². The van der Waals surface area contributed by atoms with Gasteiger partial charge in [0.15, 0.2) is 16.6 Å². The first-order valence-electron chi connectivity index (χ1n) is 10.7. The van der Waals surface area contributed by atoms with Crippen molar-refractivity contribution in [3.63, 3.8) is 0 Å². The Morgan fingerprint density at radius 2 is 1.73 bits per heavy atom. The zero-order chi connectivity index (χ0) is 23.4. The number of urea groups is 1. The van der Waals surface area contributed by atoms with E-state index in [1.165, 1.54) is 0 Å². The van der Waals surface area contributed by atoms with E-state index in [9.17, 15) is 4.79 Å². The van der Waals surface area contributed by atoms with Crippen molar-refractivity contribution in [2.75, 3.05) is 64.3 Å². The second-order valence-electron chi connectivity index (χ2n) is 7.38. The zero-order valence-corrected chi connectivity index (χ0v) is 20.0. The Morgan fingerprint density at radius 1 is 1.03 bits per heavy atom. The topological polar surface area (TPSA) is 85.4 Å². The summed E-state index contributed by atoms with van der Waals surface area (Å²) in [4.78, 5) is 21.6. The highest BCUT2D eigenvalue weighted by Crippen LogP contribution is 2.40. The number of benzene rings is 2. The molecular formula is C23H28N4O5S. The summed E-state index contributed by atoms with van der Waals surface area (Å²) in [6.07, 6.45) is 0. The average molecular weight is 473 g/mol. The first-order chi connectivity index (χ1) is 16.1. The lowest BCUT2D eigenvalue weighted by Gasteiger charge is -2.34. The molecule has 0 saturated carbocycles. The number of nitrogens with zero attached hydrogens (tertiary/aromatic N) is 3. The standard InChI is InChI=1S/C23H28N4O5S/c1-5-32-16-6-7-17-20(14-16)33-23(25-17)27-10-8-26(9-11-27)22(28)24-15-12-18(29-2)21(31-4)19(13-15)30-3/h6-7,12-14H,5,8-11H2,1-4H3,(H,24,28). The molecule has 4 rings (SSSR count). The Kier molecular flexibility index (Phi) is 6.93. The number of methoxy groups -OCH3 is 3. The van der Waals surface area contributed by atoms with Crippen molar-refractivity contribution in [1.29, 1.82) is 0 Å². The molecule has 2 aromatic carbocycles. The van der Waals surface area contributed by atoms with Crippen LogP contribution in [0.1, 0.15) is 6.92 Å². The number of ether oxygens (including phenoxy) is 4. The maximum Gasteiger partial charge on any atom is 0.321 e. The lowest BCUT2D eigenvalue weighted by molar-refractivity contribution is 0.208. The van der Waals surface area contributed by atoms with E-state index in [-0.39, 0.29) is 6.03 Å². The highest BCUT2D eigenvalue weighted by atomic mass is 32.1. The monoisotopic (exact) mass is 472 g/mol. The molecule has 3 aromatic rings. The van der Waals surface area contributed by atoms with Gasteiger partial charge < -0.3 is 34.1 Å². The number of thiazole rings is 1. The molecule has 1 aliphatic rings. The van der Waals surface area contributed by atoms with Crippen LogP contribution in [0, 0.1) is 0 Å². The van der Waals surface area contributed by atoms with Crippen molar-refractivity contribution in [3.05, 3.63) is 30.3 Å². The van der Waals surface area contributed by atoms with Crippen LogP contribution in [0.2, 0.25) is 0 Å². The molecule has 2 amide bonds. The van der Waals surface area contributed by atoms with E-state index in [1.54, 1.807) is 49.7 Å². The predicted octanol–water partition coefficient (Wildman–Crippen LogP) is 4.07. The number of aromatic nitrogens is 1. The first kappa shape index (κ1) is 22.8. The normalized spacial score (nSPS) is 13.7.